The SMILES string of the molecule is O=C(c1nc2ccccc2[nH]1)N1CCC[C@]2(CCC[C@H]2O)C1. The molecule has 1 aromatic heterocycles. The van der Waals surface area contributed by atoms with Gasteiger partial charge in [0, 0.05) is 18.5 Å². The van der Waals surface area contributed by atoms with Crippen molar-refractivity contribution in [2.24, 2.45) is 5.41 Å². The molecule has 5 heteroatoms. The number of imidazole rings is 1. The first kappa shape index (κ1) is 13.8. The average Bonchev–Trinajstić information content (AvgIpc) is 3.11. The molecular formula is C17H21N3O2. The van der Waals surface area contributed by atoms with Gasteiger partial charge in [-0.3, -0.25) is 4.79 Å². The molecule has 1 saturated carbocycles. The minimum Gasteiger partial charge on any atom is -0.392 e. The first-order chi connectivity index (χ1) is 10.7. The highest BCUT2D eigenvalue weighted by atomic mass is 16.3. The first-order valence-electron chi connectivity index (χ1n) is 8.10. The number of H-pyrrole nitrogens is 1. The molecule has 1 saturated heterocycles. The van der Waals surface area contributed by atoms with E-state index in [-0.39, 0.29) is 17.4 Å². The summed E-state index contributed by atoms with van der Waals surface area (Å²) in [5.74, 6) is 0.361. The number of aromatic amines is 1. The van der Waals surface area contributed by atoms with Crippen LogP contribution >= 0.6 is 0 Å². The number of carbonyl (C=O) groups is 1. The molecule has 2 aliphatic rings. The van der Waals surface area contributed by atoms with Crippen LogP contribution < -0.4 is 0 Å². The van der Waals surface area contributed by atoms with Gasteiger partial charge in [0.1, 0.15) is 0 Å². The molecule has 1 amide bonds. The number of amides is 1. The molecular weight excluding hydrogens is 278 g/mol. The highest BCUT2D eigenvalue weighted by molar-refractivity contribution is 5.94. The number of hydrogen-bond acceptors (Lipinski definition) is 3. The van der Waals surface area contributed by atoms with E-state index in [0.29, 0.717) is 12.4 Å². The van der Waals surface area contributed by atoms with Gasteiger partial charge in [0.05, 0.1) is 17.1 Å². The monoisotopic (exact) mass is 299 g/mol. The van der Waals surface area contributed by atoms with E-state index in [2.05, 4.69) is 9.97 Å². The molecule has 2 fully saturated rings. The van der Waals surface area contributed by atoms with Gasteiger partial charge in [-0.25, -0.2) is 4.98 Å². The lowest BCUT2D eigenvalue weighted by molar-refractivity contribution is -0.00571. The summed E-state index contributed by atoms with van der Waals surface area (Å²) >= 11 is 0. The zero-order valence-electron chi connectivity index (χ0n) is 12.6. The van der Waals surface area contributed by atoms with Crippen molar-refractivity contribution < 1.29 is 9.90 Å². The molecule has 1 aromatic carbocycles. The molecule has 1 spiro atoms. The van der Waals surface area contributed by atoms with Crippen LogP contribution in [0.3, 0.4) is 0 Å². The summed E-state index contributed by atoms with van der Waals surface area (Å²) in [5, 5.41) is 10.3. The average molecular weight is 299 g/mol. The van der Waals surface area contributed by atoms with Crippen LogP contribution in [0.2, 0.25) is 0 Å². The minimum absolute atomic E-state index is 0.0469. The normalized spacial score (nSPS) is 28.6. The Morgan fingerprint density at radius 2 is 2.14 bits per heavy atom. The lowest BCUT2D eigenvalue weighted by Crippen LogP contribution is -2.49. The standard InChI is InChI=1S/C17H21N3O2/c21-14-7-3-8-17(14)9-4-10-20(11-17)16(22)15-18-12-5-1-2-6-13(12)19-15/h1-2,5-6,14,21H,3-4,7-11H2,(H,18,19)/t14-,17-/m1/s1. The van der Waals surface area contributed by atoms with Gasteiger partial charge >= 0.3 is 0 Å². The third-order valence-electron chi connectivity index (χ3n) is 5.35. The second kappa shape index (κ2) is 5.09. The fourth-order valence-corrected chi connectivity index (χ4v) is 4.13. The number of fused-ring (bicyclic) bond motifs is 1. The molecule has 4 rings (SSSR count). The summed E-state index contributed by atoms with van der Waals surface area (Å²) in [4.78, 5) is 22.2. The van der Waals surface area contributed by atoms with Gasteiger partial charge in [-0.15, -0.1) is 0 Å². The fraction of sp³-hybridized carbons (Fsp3) is 0.529. The highest BCUT2D eigenvalue weighted by Crippen LogP contribution is 2.45. The summed E-state index contributed by atoms with van der Waals surface area (Å²) in [6.07, 6.45) is 4.68. The van der Waals surface area contributed by atoms with Gasteiger partial charge in [0.2, 0.25) is 0 Å². The molecule has 116 valence electrons. The second-order valence-electron chi connectivity index (χ2n) is 6.70. The van der Waals surface area contributed by atoms with Crippen molar-refractivity contribution in [2.75, 3.05) is 13.1 Å². The molecule has 1 aliphatic carbocycles. The van der Waals surface area contributed by atoms with Gasteiger partial charge < -0.3 is 15.0 Å². The van der Waals surface area contributed by atoms with Crippen molar-refractivity contribution in [1.82, 2.24) is 14.9 Å². The van der Waals surface area contributed by atoms with Crippen LogP contribution in [0.4, 0.5) is 0 Å². The lowest BCUT2D eigenvalue weighted by Gasteiger charge is -2.42. The van der Waals surface area contributed by atoms with Gasteiger partial charge in [-0.1, -0.05) is 18.6 Å². The number of piperidine rings is 1. The number of nitrogens with one attached hydrogen (secondary N) is 1. The van der Waals surface area contributed by atoms with E-state index in [0.717, 1.165) is 49.7 Å². The summed E-state index contributed by atoms with van der Waals surface area (Å²) in [5.41, 5.74) is 1.62. The maximum atomic E-state index is 12.8. The minimum atomic E-state index is -0.265. The second-order valence-corrected chi connectivity index (χ2v) is 6.70. The molecule has 0 bridgehead atoms. The van der Waals surface area contributed by atoms with E-state index >= 15 is 0 Å². The number of aliphatic hydroxyl groups excluding tert-OH is 1. The number of para-hydroxylation sites is 2. The Labute approximate surface area is 129 Å². The summed E-state index contributed by atoms with van der Waals surface area (Å²) < 4.78 is 0. The Morgan fingerprint density at radius 1 is 1.32 bits per heavy atom. The van der Waals surface area contributed by atoms with Crippen molar-refractivity contribution in [1.29, 1.82) is 0 Å². The van der Waals surface area contributed by atoms with Crippen LogP contribution in [0.15, 0.2) is 24.3 Å². The van der Waals surface area contributed by atoms with Crippen molar-refractivity contribution in [3.8, 4) is 0 Å². The largest absolute Gasteiger partial charge is 0.392 e. The molecule has 1 aliphatic heterocycles. The summed E-state index contributed by atoms with van der Waals surface area (Å²) in [6, 6.07) is 7.68. The van der Waals surface area contributed by atoms with Crippen LogP contribution in [0.1, 0.15) is 42.7 Å². The lowest BCUT2D eigenvalue weighted by atomic mass is 9.76. The molecule has 0 radical (unpaired) electrons. The van der Waals surface area contributed by atoms with Crippen LogP contribution in [-0.2, 0) is 0 Å². The number of likely N-dealkylation sites (tertiary alicyclic amines) is 1. The topological polar surface area (TPSA) is 69.2 Å². The first-order valence-corrected chi connectivity index (χ1v) is 8.10. The number of nitrogens with zero attached hydrogens (tertiary/aromatic N) is 2. The van der Waals surface area contributed by atoms with E-state index in [9.17, 15) is 9.90 Å². The number of aromatic nitrogens is 2. The van der Waals surface area contributed by atoms with Gasteiger partial charge in [-0.2, -0.15) is 0 Å². The Bertz CT molecular complexity index is 678. The maximum absolute atomic E-state index is 12.8. The molecule has 0 unspecified atom stereocenters. The molecule has 22 heavy (non-hydrogen) atoms. The van der Waals surface area contributed by atoms with Crippen molar-refractivity contribution in [2.45, 2.75) is 38.2 Å². The van der Waals surface area contributed by atoms with E-state index in [1.54, 1.807) is 0 Å². The Morgan fingerprint density at radius 3 is 2.91 bits per heavy atom. The maximum Gasteiger partial charge on any atom is 0.289 e. The van der Waals surface area contributed by atoms with Crippen LogP contribution in [-0.4, -0.2) is 45.1 Å². The number of carbonyl (C=O) groups excluding carboxylic acids is 1. The third kappa shape index (κ3) is 2.11. The Hall–Kier alpha value is -1.88. The zero-order chi connectivity index (χ0) is 15.2. The fourth-order valence-electron chi connectivity index (χ4n) is 4.13. The number of hydrogen-bond donors (Lipinski definition) is 2. The predicted molar refractivity (Wildman–Crippen MR) is 83.5 cm³/mol. The summed E-state index contributed by atoms with van der Waals surface area (Å²) in [7, 11) is 0. The number of aliphatic hydroxyl groups is 1. The van der Waals surface area contributed by atoms with Crippen LogP contribution in [0.5, 0.6) is 0 Å². The molecule has 5 nitrogen and oxygen atoms in total. The quantitative estimate of drug-likeness (QED) is 0.849. The highest BCUT2D eigenvalue weighted by Gasteiger charge is 2.45. The summed E-state index contributed by atoms with van der Waals surface area (Å²) in [6.45, 7) is 1.41. The zero-order valence-corrected chi connectivity index (χ0v) is 12.6. The van der Waals surface area contributed by atoms with Crippen LogP contribution in [0, 0.1) is 5.41 Å². The van der Waals surface area contributed by atoms with E-state index in [4.69, 9.17) is 0 Å². The van der Waals surface area contributed by atoms with Crippen molar-refractivity contribution in [3.05, 3.63) is 30.1 Å². The molecule has 2 N–H and O–H groups in total. The Balaban J connectivity index is 1.59. The van der Waals surface area contributed by atoms with E-state index in [1.165, 1.54) is 0 Å². The predicted octanol–water partition coefficient (Wildman–Crippen LogP) is 2.33. The van der Waals surface area contributed by atoms with Crippen molar-refractivity contribution >= 4 is 16.9 Å². The Kier molecular flexibility index (Phi) is 3.18. The van der Waals surface area contributed by atoms with Gasteiger partial charge in [0.15, 0.2) is 5.82 Å². The van der Waals surface area contributed by atoms with Gasteiger partial charge in [-0.05, 0) is 37.8 Å². The smallest absolute Gasteiger partial charge is 0.289 e. The van der Waals surface area contributed by atoms with Crippen molar-refractivity contribution in [3.63, 3.8) is 0 Å². The third-order valence-corrected chi connectivity index (χ3v) is 5.35. The number of benzene rings is 1. The van der Waals surface area contributed by atoms with E-state index < -0.39 is 0 Å². The molecule has 2 atom stereocenters. The van der Waals surface area contributed by atoms with Gasteiger partial charge in [0.25, 0.3) is 5.91 Å². The van der Waals surface area contributed by atoms with E-state index in [1.807, 2.05) is 29.2 Å². The number of rotatable bonds is 1. The van der Waals surface area contributed by atoms with Crippen LogP contribution in [0.25, 0.3) is 11.0 Å². The molecule has 2 aromatic rings. The molecule has 2 heterocycles.